The lowest BCUT2D eigenvalue weighted by atomic mass is 10.1. The number of hydrogen-bond acceptors (Lipinski definition) is 4. The van der Waals surface area contributed by atoms with E-state index in [1.54, 1.807) is 34.1 Å². The van der Waals surface area contributed by atoms with Gasteiger partial charge in [-0.15, -0.1) is 0 Å². The Balaban J connectivity index is 1.64. The molecule has 0 aromatic heterocycles. The van der Waals surface area contributed by atoms with Crippen LogP contribution < -0.4 is 9.80 Å². The first kappa shape index (κ1) is 18.0. The quantitative estimate of drug-likeness (QED) is 0.815. The maximum Gasteiger partial charge on any atom is 0.261 e. The number of fused-ring (bicyclic) bond motifs is 1. The summed E-state index contributed by atoms with van der Waals surface area (Å²) in [6.07, 6.45) is 0. The first-order valence-corrected chi connectivity index (χ1v) is 9.28. The molecule has 0 spiro atoms. The second-order valence-electron chi connectivity index (χ2n) is 6.58. The van der Waals surface area contributed by atoms with Crippen LogP contribution in [-0.4, -0.2) is 56.2 Å². The number of ether oxygens (including phenoxy) is 1. The Hall–Kier alpha value is -2.41. The predicted molar refractivity (Wildman–Crippen MR) is 104 cm³/mol. The van der Waals surface area contributed by atoms with E-state index in [0.29, 0.717) is 41.7 Å². The van der Waals surface area contributed by atoms with Gasteiger partial charge in [0.1, 0.15) is 6.67 Å². The van der Waals surface area contributed by atoms with Gasteiger partial charge in [0, 0.05) is 23.8 Å². The molecule has 7 heteroatoms. The van der Waals surface area contributed by atoms with Crippen LogP contribution in [0.2, 0.25) is 5.02 Å². The number of nitrogens with zero attached hydrogens (tertiary/aromatic N) is 3. The number of carbonyl (C=O) groups excluding carboxylic acids is 2. The Morgan fingerprint density at radius 1 is 1.07 bits per heavy atom. The Morgan fingerprint density at radius 3 is 2.63 bits per heavy atom. The molecule has 0 N–H and O–H groups in total. The van der Waals surface area contributed by atoms with E-state index < -0.39 is 0 Å². The molecule has 1 saturated heterocycles. The summed E-state index contributed by atoms with van der Waals surface area (Å²) in [4.78, 5) is 31.4. The van der Waals surface area contributed by atoms with Gasteiger partial charge in [-0.05, 0) is 30.3 Å². The minimum atomic E-state index is -0.136. The number of rotatable bonds is 3. The van der Waals surface area contributed by atoms with Gasteiger partial charge in [-0.3, -0.25) is 24.3 Å². The number of benzene rings is 2. The van der Waals surface area contributed by atoms with Crippen LogP contribution >= 0.6 is 11.6 Å². The van der Waals surface area contributed by atoms with Gasteiger partial charge in [0.15, 0.2) is 0 Å². The predicted octanol–water partition coefficient (Wildman–Crippen LogP) is 2.62. The van der Waals surface area contributed by atoms with Crippen LogP contribution in [0.1, 0.15) is 10.4 Å². The monoisotopic (exact) mass is 385 g/mol. The van der Waals surface area contributed by atoms with E-state index in [0.717, 1.165) is 13.1 Å². The van der Waals surface area contributed by atoms with Crippen molar-refractivity contribution in [1.82, 2.24) is 4.90 Å². The van der Waals surface area contributed by atoms with Crippen molar-refractivity contribution >= 4 is 34.8 Å². The van der Waals surface area contributed by atoms with Gasteiger partial charge in [-0.2, -0.15) is 0 Å². The Labute approximate surface area is 162 Å². The third-order valence-corrected chi connectivity index (χ3v) is 5.07. The fourth-order valence-electron chi connectivity index (χ4n) is 3.41. The number of anilines is 2. The van der Waals surface area contributed by atoms with Crippen molar-refractivity contribution in [3.8, 4) is 0 Å². The van der Waals surface area contributed by atoms with E-state index in [-0.39, 0.29) is 18.5 Å². The topological polar surface area (TPSA) is 53.1 Å². The van der Waals surface area contributed by atoms with Gasteiger partial charge >= 0.3 is 0 Å². The molecule has 2 aliphatic heterocycles. The van der Waals surface area contributed by atoms with Crippen molar-refractivity contribution in [2.75, 3.05) is 49.3 Å². The van der Waals surface area contributed by atoms with Gasteiger partial charge in [-0.1, -0.05) is 29.8 Å². The van der Waals surface area contributed by atoms with Gasteiger partial charge in [-0.25, -0.2) is 0 Å². The molecule has 0 saturated carbocycles. The average Bonchev–Trinajstić information content (AvgIpc) is 2.69. The minimum Gasteiger partial charge on any atom is -0.379 e. The highest BCUT2D eigenvalue weighted by Gasteiger charge is 2.33. The van der Waals surface area contributed by atoms with Crippen molar-refractivity contribution in [2.24, 2.45) is 0 Å². The van der Waals surface area contributed by atoms with Crippen LogP contribution in [0.5, 0.6) is 0 Å². The van der Waals surface area contributed by atoms with Crippen LogP contribution in [-0.2, 0) is 9.53 Å². The van der Waals surface area contributed by atoms with E-state index in [9.17, 15) is 9.59 Å². The number of carbonyl (C=O) groups is 2. The molecule has 0 atom stereocenters. The highest BCUT2D eigenvalue weighted by Crippen LogP contribution is 2.31. The molecule has 4 rings (SSSR count). The Bertz CT molecular complexity index is 867. The van der Waals surface area contributed by atoms with Crippen molar-refractivity contribution in [3.05, 3.63) is 59.1 Å². The van der Waals surface area contributed by atoms with Crippen molar-refractivity contribution in [3.63, 3.8) is 0 Å². The van der Waals surface area contributed by atoms with Gasteiger partial charge in [0.05, 0.1) is 31.0 Å². The van der Waals surface area contributed by atoms with Gasteiger partial charge < -0.3 is 4.74 Å². The van der Waals surface area contributed by atoms with Crippen molar-refractivity contribution in [2.45, 2.75) is 0 Å². The second kappa shape index (κ2) is 7.68. The summed E-state index contributed by atoms with van der Waals surface area (Å²) in [5.74, 6) is -0.174. The van der Waals surface area contributed by atoms with E-state index in [1.807, 2.05) is 24.3 Å². The first-order chi connectivity index (χ1) is 13.1. The molecule has 2 aromatic carbocycles. The molecule has 0 radical (unpaired) electrons. The minimum absolute atomic E-state index is 0.0381. The third-order valence-electron chi connectivity index (χ3n) is 4.84. The van der Waals surface area contributed by atoms with Crippen molar-refractivity contribution in [1.29, 1.82) is 0 Å². The van der Waals surface area contributed by atoms with Crippen LogP contribution in [0.3, 0.4) is 0 Å². The molecule has 6 nitrogen and oxygen atoms in total. The number of morpholine rings is 1. The summed E-state index contributed by atoms with van der Waals surface area (Å²) in [6, 6.07) is 14.3. The smallest absolute Gasteiger partial charge is 0.261 e. The Morgan fingerprint density at radius 2 is 1.85 bits per heavy atom. The number of amides is 2. The standard InChI is InChI=1S/C20H20ClN3O3/c21-15-4-3-5-16(12-15)23-14-24(18-7-2-1-6-17(18)20(23)26)19(25)13-22-8-10-27-11-9-22/h1-7,12H,8-11,13-14H2. The maximum absolute atomic E-state index is 13.1. The average molecular weight is 386 g/mol. The first-order valence-electron chi connectivity index (χ1n) is 8.90. The van der Waals surface area contributed by atoms with Crippen LogP contribution in [0, 0.1) is 0 Å². The Kier molecular flexibility index (Phi) is 5.11. The molecule has 2 aliphatic rings. The highest BCUT2D eigenvalue weighted by molar-refractivity contribution is 6.31. The lowest BCUT2D eigenvalue weighted by Crippen LogP contribution is -2.52. The van der Waals surface area contributed by atoms with E-state index in [4.69, 9.17) is 16.3 Å². The van der Waals surface area contributed by atoms with Gasteiger partial charge in [0.25, 0.3) is 5.91 Å². The fraction of sp³-hybridized carbons (Fsp3) is 0.300. The van der Waals surface area contributed by atoms with E-state index in [1.165, 1.54) is 0 Å². The van der Waals surface area contributed by atoms with E-state index >= 15 is 0 Å². The number of hydrogen-bond donors (Lipinski definition) is 0. The molecule has 1 fully saturated rings. The summed E-state index contributed by atoms with van der Waals surface area (Å²) >= 11 is 6.10. The normalized spacial score (nSPS) is 17.7. The summed E-state index contributed by atoms with van der Waals surface area (Å²) in [5, 5.41) is 0.547. The summed E-state index contributed by atoms with van der Waals surface area (Å²) in [5.41, 5.74) is 1.84. The van der Waals surface area contributed by atoms with Crippen LogP contribution in [0.25, 0.3) is 0 Å². The largest absolute Gasteiger partial charge is 0.379 e. The second-order valence-corrected chi connectivity index (χ2v) is 7.02. The highest BCUT2D eigenvalue weighted by atomic mass is 35.5. The lowest BCUT2D eigenvalue weighted by molar-refractivity contribution is -0.120. The van der Waals surface area contributed by atoms with Crippen molar-refractivity contribution < 1.29 is 14.3 Å². The molecule has 2 amide bonds. The van der Waals surface area contributed by atoms with Crippen LogP contribution in [0.15, 0.2) is 48.5 Å². The SMILES string of the molecule is O=C1c2ccccc2N(C(=O)CN2CCOCC2)CN1c1cccc(Cl)c1. The van der Waals surface area contributed by atoms with E-state index in [2.05, 4.69) is 4.90 Å². The lowest BCUT2D eigenvalue weighted by Gasteiger charge is -2.38. The molecule has 2 heterocycles. The summed E-state index contributed by atoms with van der Waals surface area (Å²) < 4.78 is 5.35. The summed E-state index contributed by atoms with van der Waals surface area (Å²) in [6.45, 7) is 3.21. The molecular formula is C20H20ClN3O3. The molecule has 2 aromatic rings. The zero-order chi connectivity index (χ0) is 18.8. The number of halogens is 1. The molecule has 0 unspecified atom stereocenters. The maximum atomic E-state index is 13.1. The number of para-hydroxylation sites is 1. The molecule has 0 aliphatic carbocycles. The van der Waals surface area contributed by atoms with Gasteiger partial charge in [0.2, 0.25) is 5.91 Å². The molecule has 27 heavy (non-hydrogen) atoms. The third kappa shape index (κ3) is 3.69. The van der Waals surface area contributed by atoms with Crippen LogP contribution in [0.4, 0.5) is 11.4 Å². The summed E-state index contributed by atoms with van der Waals surface area (Å²) in [7, 11) is 0. The fourth-order valence-corrected chi connectivity index (χ4v) is 3.59. The molecular weight excluding hydrogens is 366 g/mol. The zero-order valence-corrected chi connectivity index (χ0v) is 15.6. The molecule has 0 bridgehead atoms. The zero-order valence-electron chi connectivity index (χ0n) is 14.8. The molecule has 140 valence electrons.